The molecule has 0 N–H and O–H groups in total. The van der Waals surface area contributed by atoms with Gasteiger partial charge in [0.15, 0.2) is 12.3 Å². The number of amides is 1. The summed E-state index contributed by atoms with van der Waals surface area (Å²) in [4.78, 5) is 17.2. The molecule has 0 radical (unpaired) electrons. The van der Waals surface area contributed by atoms with Crippen LogP contribution in [0, 0.1) is 0 Å². The third-order valence-electron chi connectivity index (χ3n) is 6.97. The molecule has 37 heavy (non-hydrogen) atoms. The maximum atomic E-state index is 13.4. The molecule has 3 atom stereocenters. The van der Waals surface area contributed by atoms with Crippen LogP contribution in [0.25, 0.3) is 10.8 Å². The van der Waals surface area contributed by atoms with E-state index in [0.29, 0.717) is 26.1 Å². The average Bonchev–Trinajstić information content (AvgIpc) is 3.18. The van der Waals surface area contributed by atoms with Crippen LogP contribution in [0.5, 0.6) is 0 Å². The number of cyclic esters (lactones) is 1. The zero-order valence-corrected chi connectivity index (χ0v) is 21.7. The average molecular weight is 525 g/mol. The van der Waals surface area contributed by atoms with Gasteiger partial charge in [-0.2, -0.15) is 8.42 Å². The Bertz CT molecular complexity index is 1320. The lowest BCUT2D eigenvalue weighted by Crippen LogP contribution is -2.44. The Labute approximate surface area is 217 Å². The van der Waals surface area contributed by atoms with Gasteiger partial charge in [-0.25, -0.2) is 8.98 Å². The third kappa shape index (κ3) is 6.13. The monoisotopic (exact) mass is 524 g/mol. The van der Waals surface area contributed by atoms with Crippen molar-refractivity contribution in [1.29, 1.82) is 0 Å². The number of hydrogen-bond donors (Lipinski definition) is 0. The first-order valence-corrected chi connectivity index (χ1v) is 14.4. The normalized spacial score (nSPS) is 21.8. The van der Waals surface area contributed by atoms with Crippen LogP contribution in [0.2, 0.25) is 0 Å². The second kappa shape index (κ2) is 11.2. The van der Waals surface area contributed by atoms with E-state index in [2.05, 4.69) is 4.90 Å². The van der Waals surface area contributed by atoms with E-state index >= 15 is 0 Å². The topological polar surface area (TPSA) is 85.4 Å². The maximum Gasteiger partial charge on any atom is 0.412 e. The molecule has 0 saturated carbocycles. The van der Waals surface area contributed by atoms with Gasteiger partial charge >= 0.3 is 6.09 Å². The molecular weight excluding hydrogens is 492 g/mol. The van der Waals surface area contributed by atoms with Crippen molar-refractivity contribution in [3.63, 3.8) is 0 Å². The van der Waals surface area contributed by atoms with Crippen LogP contribution in [0.15, 0.2) is 72.8 Å². The molecular formula is C28H32N2O6S. The number of fused-ring (bicyclic) bond motifs is 1. The van der Waals surface area contributed by atoms with E-state index in [9.17, 15) is 13.2 Å². The fourth-order valence-electron chi connectivity index (χ4n) is 5.22. The number of rotatable bonds is 9. The minimum atomic E-state index is -3.88. The van der Waals surface area contributed by atoms with E-state index in [1.807, 2.05) is 72.8 Å². The molecule has 5 rings (SSSR count). The second-order valence-electron chi connectivity index (χ2n) is 9.53. The number of benzene rings is 3. The molecule has 0 aliphatic carbocycles. The number of carbonyl (C=O) groups excluding carboxylic acids is 1. The van der Waals surface area contributed by atoms with Gasteiger partial charge in [-0.15, -0.1) is 0 Å². The molecule has 3 aromatic carbocycles. The predicted molar refractivity (Wildman–Crippen MR) is 141 cm³/mol. The fourth-order valence-corrected chi connectivity index (χ4v) is 5.80. The van der Waals surface area contributed by atoms with Crippen molar-refractivity contribution in [2.24, 2.45) is 0 Å². The summed E-state index contributed by atoms with van der Waals surface area (Å²) in [5.74, 6) is 0. The van der Waals surface area contributed by atoms with E-state index in [-0.39, 0.29) is 0 Å². The SMILES string of the molecule is CS(=O)(=O)OC1C(Cc2cccc3ccccc23)OC(=O)N1C(CCN1CCOCC1)c1ccccc1. The molecule has 3 unspecified atom stereocenters. The van der Waals surface area contributed by atoms with Gasteiger partial charge in [0, 0.05) is 26.1 Å². The third-order valence-corrected chi connectivity index (χ3v) is 7.52. The highest BCUT2D eigenvalue weighted by Gasteiger charge is 2.48. The number of nitrogens with zero attached hydrogens (tertiary/aromatic N) is 2. The lowest BCUT2D eigenvalue weighted by molar-refractivity contribution is 0.0125. The molecule has 0 spiro atoms. The van der Waals surface area contributed by atoms with Crippen molar-refractivity contribution in [2.75, 3.05) is 39.1 Å². The molecule has 2 aliphatic rings. The van der Waals surface area contributed by atoms with E-state index in [0.717, 1.165) is 47.8 Å². The van der Waals surface area contributed by atoms with E-state index in [1.165, 1.54) is 4.90 Å². The van der Waals surface area contributed by atoms with Crippen molar-refractivity contribution in [3.05, 3.63) is 83.9 Å². The first-order valence-electron chi connectivity index (χ1n) is 12.6. The molecule has 0 bridgehead atoms. The number of morpholine rings is 1. The van der Waals surface area contributed by atoms with Crippen LogP contribution >= 0.6 is 0 Å². The summed E-state index contributed by atoms with van der Waals surface area (Å²) < 4.78 is 41.7. The van der Waals surface area contributed by atoms with Crippen LogP contribution in [0.4, 0.5) is 4.79 Å². The highest BCUT2D eigenvalue weighted by Crippen LogP contribution is 2.36. The quantitative estimate of drug-likeness (QED) is 0.392. The van der Waals surface area contributed by atoms with Crippen molar-refractivity contribution in [1.82, 2.24) is 9.80 Å². The van der Waals surface area contributed by atoms with Gasteiger partial charge in [0.25, 0.3) is 10.1 Å². The molecule has 8 nitrogen and oxygen atoms in total. The Kier molecular flexibility index (Phi) is 7.76. The molecule has 0 aromatic heterocycles. The van der Waals surface area contributed by atoms with Crippen LogP contribution in [-0.4, -0.2) is 75.7 Å². The molecule has 1 amide bonds. The minimum Gasteiger partial charge on any atom is -0.441 e. The molecule has 2 heterocycles. The lowest BCUT2D eigenvalue weighted by Gasteiger charge is -2.34. The summed E-state index contributed by atoms with van der Waals surface area (Å²) in [6.45, 7) is 3.72. The summed E-state index contributed by atoms with van der Waals surface area (Å²) in [7, 11) is -3.88. The Morgan fingerprint density at radius 2 is 1.68 bits per heavy atom. The summed E-state index contributed by atoms with van der Waals surface area (Å²) in [5.41, 5.74) is 1.87. The molecule has 3 aromatic rings. The number of carbonyl (C=O) groups is 1. The van der Waals surface area contributed by atoms with Gasteiger partial charge in [-0.05, 0) is 28.3 Å². The smallest absolute Gasteiger partial charge is 0.412 e. The van der Waals surface area contributed by atoms with E-state index < -0.39 is 34.6 Å². The Hall–Kier alpha value is -2.98. The Morgan fingerprint density at radius 3 is 2.43 bits per heavy atom. The first kappa shape index (κ1) is 25.7. The summed E-state index contributed by atoms with van der Waals surface area (Å²) in [6, 6.07) is 23.1. The highest BCUT2D eigenvalue weighted by molar-refractivity contribution is 7.86. The van der Waals surface area contributed by atoms with Crippen LogP contribution < -0.4 is 0 Å². The lowest BCUT2D eigenvalue weighted by atomic mass is 9.98. The zero-order valence-electron chi connectivity index (χ0n) is 20.9. The predicted octanol–water partition coefficient (Wildman–Crippen LogP) is 3.97. The van der Waals surface area contributed by atoms with E-state index in [1.54, 1.807) is 0 Å². The van der Waals surface area contributed by atoms with Gasteiger partial charge in [0.05, 0.1) is 25.5 Å². The van der Waals surface area contributed by atoms with E-state index in [4.69, 9.17) is 13.7 Å². The maximum absolute atomic E-state index is 13.4. The van der Waals surface area contributed by atoms with Crippen molar-refractivity contribution < 1.29 is 26.9 Å². The van der Waals surface area contributed by atoms with Crippen molar-refractivity contribution in [3.8, 4) is 0 Å². The van der Waals surface area contributed by atoms with Gasteiger partial charge < -0.3 is 9.47 Å². The van der Waals surface area contributed by atoms with Crippen LogP contribution in [-0.2, 0) is 30.2 Å². The molecule has 2 aliphatic heterocycles. The zero-order chi connectivity index (χ0) is 25.8. The van der Waals surface area contributed by atoms with Gasteiger partial charge in [-0.3, -0.25) is 9.80 Å². The Morgan fingerprint density at radius 1 is 0.973 bits per heavy atom. The Balaban J connectivity index is 1.47. The van der Waals surface area contributed by atoms with Gasteiger partial charge in [0.2, 0.25) is 0 Å². The highest BCUT2D eigenvalue weighted by atomic mass is 32.2. The summed E-state index contributed by atoms with van der Waals surface area (Å²) in [5, 5.41) is 2.10. The second-order valence-corrected chi connectivity index (χ2v) is 11.1. The minimum absolute atomic E-state index is 0.328. The number of ether oxygens (including phenoxy) is 2. The number of hydrogen-bond acceptors (Lipinski definition) is 7. The standard InChI is InChI=1S/C28H32N2O6S/c1-37(32,33)36-27-26(20-23-12-7-11-21-8-5-6-13-24(21)23)35-28(31)30(27)25(22-9-3-2-4-10-22)14-15-29-16-18-34-19-17-29/h2-13,25-27H,14-20H2,1H3. The van der Waals surface area contributed by atoms with Crippen molar-refractivity contribution in [2.45, 2.75) is 31.2 Å². The van der Waals surface area contributed by atoms with Crippen LogP contribution in [0.3, 0.4) is 0 Å². The van der Waals surface area contributed by atoms with Crippen molar-refractivity contribution >= 4 is 27.0 Å². The first-order chi connectivity index (χ1) is 17.9. The van der Waals surface area contributed by atoms with Gasteiger partial charge in [-0.1, -0.05) is 72.8 Å². The molecule has 196 valence electrons. The molecule has 2 saturated heterocycles. The molecule has 2 fully saturated rings. The summed E-state index contributed by atoms with van der Waals surface area (Å²) in [6.07, 6.45) is -0.513. The summed E-state index contributed by atoms with van der Waals surface area (Å²) >= 11 is 0. The largest absolute Gasteiger partial charge is 0.441 e. The molecule has 9 heteroatoms. The van der Waals surface area contributed by atoms with Crippen LogP contribution in [0.1, 0.15) is 23.6 Å². The fraction of sp³-hybridized carbons (Fsp3) is 0.393. The van der Waals surface area contributed by atoms with Gasteiger partial charge in [0.1, 0.15) is 0 Å².